The second-order valence-electron chi connectivity index (χ2n) is 10.2. The lowest BCUT2D eigenvalue weighted by Crippen LogP contribution is -2.42. The molecule has 13 heteroatoms. The molecule has 3 atom stereocenters. The molecule has 0 heterocycles. The summed E-state index contributed by atoms with van der Waals surface area (Å²) < 4.78 is 47.7. The van der Waals surface area contributed by atoms with E-state index in [9.17, 15) is 27.8 Å². The fraction of sp³-hybridized carbons (Fsp3) is 0.182. The number of rotatable bonds is 11. The predicted molar refractivity (Wildman–Crippen MR) is 177 cm³/mol. The summed E-state index contributed by atoms with van der Waals surface area (Å²) in [4.78, 5) is 23.9. The molecular formula is C33H30Cl2NO8PS. The standard InChI is InChI=1S/C33H30Cl2NO8PS/c1-43-25-11-7-12-26(20-25)45(39,40)15-14-24-17-28(34)31(29(35)18-24)32(37)36-30(33(38)44-21-22-8-4-3-5-9-22)19-23-10-6-13-27(16-23)46(2,41)42/h3-13,16-18,20,30,32,36-37H,19,21H2,1-2H3,(H,39,40)/t30-,32?/m0/s1. The van der Waals surface area contributed by atoms with E-state index < -0.39 is 35.4 Å². The number of benzene rings is 4. The van der Waals surface area contributed by atoms with Gasteiger partial charge < -0.3 is 19.5 Å². The molecule has 3 N–H and O–H groups in total. The number of carbonyl (C=O) groups excluding carboxylic acids is 1. The van der Waals surface area contributed by atoms with E-state index in [1.165, 1.54) is 43.5 Å². The highest BCUT2D eigenvalue weighted by Gasteiger charge is 2.27. The SMILES string of the molecule is COc1cccc(P(=O)(O)C#Cc2cc(Cl)c(C(O)N[C@@H](Cc3cccc(S(C)(=O)=O)c3)C(=O)OCc3ccccc3)c(Cl)c2)c1. The van der Waals surface area contributed by atoms with Crippen molar-refractivity contribution >= 4 is 51.7 Å². The molecule has 2 unspecified atom stereocenters. The summed E-state index contributed by atoms with van der Waals surface area (Å²) in [5.74, 6) is 2.30. The van der Waals surface area contributed by atoms with Crippen LogP contribution in [0.1, 0.15) is 28.5 Å². The number of nitrogens with one attached hydrogen (secondary N) is 1. The Bertz CT molecular complexity index is 1920. The van der Waals surface area contributed by atoms with Crippen LogP contribution < -0.4 is 15.4 Å². The summed E-state index contributed by atoms with van der Waals surface area (Å²) in [6.07, 6.45) is -0.533. The van der Waals surface area contributed by atoms with Crippen molar-refractivity contribution in [3.05, 3.63) is 123 Å². The first-order valence-corrected chi connectivity index (χ1v) is 18.0. The van der Waals surface area contributed by atoms with Gasteiger partial charge in [-0.25, -0.2) is 8.42 Å². The third-order valence-corrected chi connectivity index (χ3v) is 9.87. The van der Waals surface area contributed by atoms with Gasteiger partial charge in [0.1, 0.15) is 24.6 Å². The number of hydrogen-bond acceptors (Lipinski definition) is 8. The Morgan fingerprint density at radius 1 is 0.957 bits per heavy atom. The van der Waals surface area contributed by atoms with Gasteiger partial charge in [-0.3, -0.25) is 14.7 Å². The zero-order chi connectivity index (χ0) is 33.5. The van der Waals surface area contributed by atoms with E-state index in [0.29, 0.717) is 11.3 Å². The number of halogens is 2. The molecule has 4 rings (SSSR count). The average Bonchev–Trinajstić information content (AvgIpc) is 3.02. The first-order chi connectivity index (χ1) is 21.8. The fourth-order valence-electron chi connectivity index (χ4n) is 4.37. The van der Waals surface area contributed by atoms with Crippen LogP contribution in [0.25, 0.3) is 0 Å². The molecule has 0 saturated heterocycles. The lowest BCUT2D eigenvalue weighted by Gasteiger charge is -2.23. The first-order valence-electron chi connectivity index (χ1n) is 13.7. The Morgan fingerprint density at radius 2 is 1.61 bits per heavy atom. The predicted octanol–water partition coefficient (Wildman–Crippen LogP) is 5.25. The van der Waals surface area contributed by atoms with Crippen LogP contribution in [0, 0.1) is 11.6 Å². The zero-order valence-electron chi connectivity index (χ0n) is 24.7. The van der Waals surface area contributed by atoms with E-state index >= 15 is 0 Å². The molecule has 4 aromatic carbocycles. The number of aliphatic hydroxyl groups excluding tert-OH is 1. The molecular weight excluding hydrogens is 672 g/mol. The molecule has 240 valence electrons. The molecule has 0 radical (unpaired) electrons. The molecule has 0 aromatic heterocycles. The molecule has 0 aliphatic carbocycles. The zero-order valence-corrected chi connectivity index (χ0v) is 27.9. The molecule has 46 heavy (non-hydrogen) atoms. The maximum Gasteiger partial charge on any atom is 0.323 e. The minimum Gasteiger partial charge on any atom is -0.497 e. The van der Waals surface area contributed by atoms with Crippen LogP contribution in [-0.2, 0) is 37.0 Å². The summed E-state index contributed by atoms with van der Waals surface area (Å²) in [5.41, 5.74) is 3.85. The number of sulfone groups is 1. The van der Waals surface area contributed by atoms with Crippen LogP contribution in [0.2, 0.25) is 10.0 Å². The van der Waals surface area contributed by atoms with Crippen LogP contribution in [-0.4, -0.2) is 43.8 Å². The third-order valence-electron chi connectivity index (χ3n) is 6.74. The largest absolute Gasteiger partial charge is 0.497 e. The summed E-state index contributed by atoms with van der Waals surface area (Å²) in [6, 6.07) is 22.8. The van der Waals surface area contributed by atoms with Crippen molar-refractivity contribution in [2.45, 2.75) is 30.2 Å². The Kier molecular flexibility index (Phi) is 11.7. The monoisotopic (exact) mass is 701 g/mol. The van der Waals surface area contributed by atoms with Crippen LogP contribution in [0.15, 0.2) is 95.9 Å². The van der Waals surface area contributed by atoms with Crippen molar-refractivity contribution in [1.82, 2.24) is 5.32 Å². The normalized spacial score (nSPS) is 13.9. The second-order valence-corrected chi connectivity index (χ2v) is 14.9. The third kappa shape index (κ3) is 9.44. The van der Waals surface area contributed by atoms with Gasteiger partial charge in [-0.1, -0.05) is 77.7 Å². The maximum absolute atomic E-state index is 13.3. The lowest BCUT2D eigenvalue weighted by atomic mass is 10.0. The number of aliphatic hydroxyl groups is 1. The van der Waals surface area contributed by atoms with E-state index in [0.717, 1.165) is 11.8 Å². The van der Waals surface area contributed by atoms with Crippen LogP contribution in [0.3, 0.4) is 0 Å². The van der Waals surface area contributed by atoms with Crippen molar-refractivity contribution in [3.8, 4) is 17.3 Å². The highest BCUT2D eigenvalue weighted by molar-refractivity contribution is 7.90. The van der Waals surface area contributed by atoms with Crippen LogP contribution in [0.4, 0.5) is 0 Å². The Morgan fingerprint density at radius 3 is 2.26 bits per heavy atom. The topological polar surface area (TPSA) is 139 Å². The fourth-order valence-corrected chi connectivity index (χ4v) is 6.76. The molecule has 0 fully saturated rings. The molecule has 0 saturated carbocycles. The van der Waals surface area contributed by atoms with E-state index in [4.69, 9.17) is 32.7 Å². The summed E-state index contributed by atoms with van der Waals surface area (Å²) in [6.45, 7) is -0.0311. The average molecular weight is 703 g/mol. The van der Waals surface area contributed by atoms with Gasteiger partial charge in [0.05, 0.1) is 27.4 Å². The van der Waals surface area contributed by atoms with Gasteiger partial charge in [0.25, 0.3) is 0 Å². The Balaban J connectivity index is 1.58. The Labute approximate surface area is 277 Å². The van der Waals surface area contributed by atoms with Crippen molar-refractivity contribution in [2.24, 2.45) is 0 Å². The van der Waals surface area contributed by atoms with Gasteiger partial charge in [-0.2, -0.15) is 0 Å². The van der Waals surface area contributed by atoms with Gasteiger partial charge in [0, 0.05) is 17.4 Å². The number of esters is 1. The van der Waals surface area contributed by atoms with Crippen LogP contribution in [0.5, 0.6) is 5.75 Å². The van der Waals surface area contributed by atoms with E-state index in [1.54, 1.807) is 48.5 Å². The summed E-state index contributed by atoms with van der Waals surface area (Å²) in [5, 5.41) is 14.0. The smallest absolute Gasteiger partial charge is 0.323 e. The van der Waals surface area contributed by atoms with Gasteiger partial charge in [0.15, 0.2) is 9.84 Å². The summed E-state index contributed by atoms with van der Waals surface area (Å²) >= 11 is 13.0. The minimum atomic E-state index is -4.10. The van der Waals surface area contributed by atoms with Crippen molar-refractivity contribution in [2.75, 3.05) is 13.4 Å². The van der Waals surface area contributed by atoms with E-state index in [2.05, 4.69) is 16.9 Å². The lowest BCUT2D eigenvalue weighted by molar-refractivity contribution is -0.148. The minimum absolute atomic E-state index is 0.0265. The first kappa shape index (κ1) is 35.2. The number of methoxy groups -OCH3 is 1. The molecule has 0 spiro atoms. The van der Waals surface area contributed by atoms with Crippen molar-refractivity contribution < 1.29 is 37.3 Å². The summed E-state index contributed by atoms with van der Waals surface area (Å²) in [7, 11) is -6.17. The van der Waals surface area contributed by atoms with E-state index in [1.807, 2.05) is 6.07 Å². The Hall–Kier alpha value is -3.65. The van der Waals surface area contributed by atoms with Gasteiger partial charge in [-0.05, 0) is 65.7 Å². The molecule has 0 aliphatic rings. The van der Waals surface area contributed by atoms with Crippen molar-refractivity contribution in [1.29, 1.82) is 0 Å². The van der Waals surface area contributed by atoms with Gasteiger partial charge in [0.2, 0.25) is 0 Å². The van der Waals surface area contributed by atoms with Gasteiger partial charge in [-0.15, -0.1) is 0 Å². The molecule has 9 nitrogen and oxygen atoms in total. The van der Waals surface area contributed by atoms with Gasteiger partial charge >= 0.3 is 13.3 Å². The number of hydrogen-bond donors (Lipinski definition) is 3. The second kappa shape index (κ2) is 15.3. The van der Waals surface area contributed by atoms with Crippen molar-refractivity contribution in [3.63, 3.8) is 0 Å². The number of ether oxygens (including phenoxy) is 2. The molecule has 0 aliphatic heterocycles. The molecule has 0 amide bonds. The molecule has 4 aromatic rings. The molecule has 0 bridgehead atoms. The maximum atomic E-state index is 13.3. The van der Waals surface area contributed by atoms with E-state index in [-0.39, 0.29) is 44.4 Å². The quantitative estimate of drug-likeness (QED) is 0.0829. The highest BCUT2D eigenvalue weighted by atomic mass is 35.5. The highest BCUT2D eigenvalue weighted by Crippen LogP contribution is 2.39. The number of carbonyl (C=O) groups is 1. The van der Waals surface area contributed by atoms with Crippen LogP contribution >= 0.6 is 30.6 Å².